The van der Waals surface area contributed by atoms with Crippen molar-refractivity contribution in [3.05, 3.63) is 0 Å². The van der Waals surface area contributed by atoms with Crippen LogP contribution in [0.2, 0.25) is 0 Å². The van der Waals surface area contributed by atoms with Gasteiger partial charge in [0, 0.05) is 30.7 Å². The predicted molar refractivity (Wildman–Crippen MR) is 74.2 cm³/mol. The summed E-state index contributed by atoms with van der Waals surface area (Å²) < 4.78 is 0. The van der Waals surface area contributed by atoms with Crippen molar-refractivity contribution in [3.63, 3.8) is 0 Å². The van der Waals surface area contributed by atoms with Crippen molar-refractivity contribution in [2.24, 2.45) is 11.8 Å². The summed E-state index contributed by atoms with van der Waals surface area (Å²) in [6.45, 7) is 14.3. The number of hydrogen-bond acceptors (Lipinski definition) is 2. The molecule has 2 nitrogen and oxygen atoms in total. The van der Waals surface area contributed by atoms with Gasteiger partial charge in [-0.15, -0.1) is 0 Å². The zero-order chi connectivity index (χ0) is 12.6. The molecule has 2 aliphatic rings. The molecule has 2 rings (SSSR count). The molecule has 0 spiro atoms. The topological polar surface area (TPSA) is 15.3 Å². The molecule has 1 aliphatic heterocycles. The molecular weight excluding hydrogens is 208 g/mol. The Morgan fingerprint density at radius 3 is 2.35 bits per heavy atom. The summed E-state index contributed by atoms with van der Waals surface area (Å²) in [6, 6.07) is 1.38. The number of nitrogens with zero attached hydrogens (tertiary/aromatic N) is 1. The molecule has 2 atom stereocenters. The first-order valence-corrected chi connectivity index (χ1v) is 7.43. The number of hydrogen-bond donors (Lipinski definition) is 1. The van der Waals surface area contributed by atoms with Gasteiger partial charge in [-0.05, 0) is 51.9 Å². The third kappa shape index (κ3) is 2.85. The van der Waals surface area contributed by atoms with Crippen LogP contribution in [0.1, 0.15) is 53.9 Å². The third-order valence-electron chi connectivity index (χ3n) is 4.66. The fraction of sp³-hybridized carbons (Fsp3) is 1.00. The molecule has 0 bridgehead atoms. The first-order valence-electron chi connectivity index (χ1n) is 7.43. The summed E-state index contributed by atoms with van der Waals surface area (Å²) >= 11 is 0. The molecule has 1 heterocycles. The monoisotopic (exact) mass is 238 g/mol. The first-order chi connectivity index (χ1) is 7.93. The van der Waals surface area contributed by atoms with Crippen molar-refractivity contribution in [1.29, 1.82) is 0 Å². The third-order valence-corrected chi connectivity index (χ3v) is 4.66. The van der Waals surface area contributed by atoms with Gasteiger partial charge in [0.2, 0.25) is 0 Å². The predicted octanol–water partition coefficient (Wildman–Crippen LogP) is 2.88. The highest BCUT2D eigenvalue weighted by Gasteiger charge is 2.48. The minimum absolute atomic E-state index is 0.418. The fourth-order valence-corrected chi connectivity index (χ4v) is 3.57. The second kappa shape index (κ2) is 4.89. The van der Waals surface area contributed by atoms with Crippen molar-refractivity contribution < 1.29 is 0 Å². The maximum absolute atomic E-state index is 3.81. The van der Waals surface area contributed by atoms with Crippen LogP contribution >= 0.6 is 0 Å². The summed E-state index contributed by atoms with van der Waals surface area (Å²) in [5.41, 5.74) is 0.418. The Kier molecular flexibility index (Phi) is 3.84. The Hall–Kier alpha value is -0.0800. The molecule has 0 radical (unpaired) electrons. The van der Waals surface area contributed by atoms with E-state index in [1.807, 2.05) is 0 Å². The van der Waals surface area contributed by atoms with Crippen LogP contribution < -0.4 is 5.32 Å². The summed E-state index contributed by atoms with van der Waals surface area (Å²) in [4.78, 5) is 2.77. The van der Waals surface area contributed by atoms with Gasteiger partial charge in [0.25, 0.3) is 0 Å². The van der Waals surface area contributed by atoms with E-state index in [9.17, 15) is 0 Å². The lowest BCUT2D eigenvalue weighted by molar-refractivity contribution is 0.00592. The highest BCUT2D eigenvalue weighted by Crippen LogP contribution is 2.44. The molecule has 1 aliphatic carbocycles. The van der Waals surface area contributed by atoms with Crippen molar-refractivity contribution in [2.75, 3.05) is 13.1 Å². The number of nitrogens with one attached hydrogen (secondary N) is 1. The molecular formula is C15H30N2. The van der Waals surface area contributed by atoms with Crippen LogP contribution in [0.15, 0.2) is 0 Å². The van der Waals surface area contributed by atoms with Gasteiger partial charge < -0.3 is 5.32 Å². The molecule has 0 aromatic carbocycles. The fourth-order valence-electron chi connectivity index (χ4n) is 3.57. The average Bonchev–Trinajstić information content (AvgIpc) is 3.03. The maximum atomic E-state index is 3.81. The lowest BCUT2D eigenvalue weighted by atomic mass is 9.87. The van der Waals surface area contributed by atoms with E-state index in [2.05, 4.69) is 44.8 Å². The molecule has 1 saturated carbocycles. The molecule has 2 unspecified atom stereocenters. The summed E-state index contributed by atoms with van der Waals surface area (Å²) in [5, 5.41) is 3.81. The van der Waals surface area contributed by atoms with Crippen LogP contribution in [0.4, 0.5) is 0 Å². The van der Waals surface area contributed by atoms with E-state index in [0.717, 1.165) is 11.8 Å². The molecule has 1 saturated heterocycles. The van der Waals surface area contributed by atoms with Crippen molar-refractivity contribution in [3.8, 4) is 0 Å². The van der Waals surface area contributed by atoms with E-state index in [1.54, 1.807) is 0 Å². The molecule has 100 valence electrons. The molecule has 0 aromatic heterocycles. The zero-order valence-corrected chi connectivity index (χ0v) is 12.3. The Morgan fingerprint density at radius 1 is 1.24 bits per heavy atom. The van der Waals surface area contributed by atoms with Gasteiger partial charge in [0.15, 0.2) is 0 Å². The zero-order valence-electron chi connectivity index (χ0n) is 12.3. The van der Waals surface area contributed by atoms with Crippen LogP contribution in [-0.4, -0.2) is 35.6 Å². The average molecular weight is 238 g/mol. The largest absolute Gasteiger partial charge is 0.311 e. The van der Waals surface area contributed by atoms with E-state index < -0.39 is 0 Å². The van der Waals surface area contributed by atoms with Gasteiger partial charge in [-0.25, -0.2) is 0 Å². The highest BCUT2D eigenvalue weighted by molar-refractivity contribution is 5.05. The second-order valence-corrected chi connectivity index (χ2v) is 7.08. The molecule has 0 amide bonds. The standard InChI is InChI=1S/C15H30N2/c1-11(2)8-14-9-17(12(3)4)15(5,10-16-14)13-6-7-13/h11-14,16H,6-10H2,1-5H3. The lowest BCUT2D eigenvalue weighted by Crippen LogP contribution is -2.66. The van der Waals surface area contributed by atoms with E-state index in [1.165, 1.54) is 32.4 Å². The van der Waals surface area contributed by atoms with E-state index >= 15 is 0 Å². The second-order valence-electron chi connectivity index (χ2n) is 7.08. The smallest absolute Gasteiger partial charge is 0.0337 e. The van der Waals surface area contributed by atoms with Gasteiger partial charge in [-0.2, -0.15) is 0 Å². The maximum Gasteiger partial charge on any atom is 0.0337 e. The SMILES string of the molecule is CC(C)CC1CN(C(C)C)C(C)(C2CC2)CN1. The van der Waals surface area contributed by atoms with Crippen LogP contribution in [0.5, 0.6) is 0 Å². The first kappa shape index (κ1) is 13.4. The van der Waals surface area contributed by atoms with Gasteiger partial charge in [0.05, 0.1) is 0 Å². The van der Waals surface area contributed by atoms with Crippen LogP contribution in [0.3, 0.4) is 0 Å². The van der Waals surface area contributed by atoms with E-state index in [-0.39, 0.29) is 0 Å². The molecule has 1 N–H and O–H groups in total. The summed E-state index contributed by atoms with van der Waals surface area (Å²) in [6.07, 6.45) is 4.19. The van der Waals surface area contributed by atoms with Gasteiger partial charge >= 0.3 is 0 Å². The normalized spacial score (nSPS) is 35.8. The van der Waals surface area contributed by atoms with Gasteiger partial charge in [-0.3, -0.25) is 4.90 Å². The Bertz CT molecular complexity index is 258. The lowest BCUT2D eigenvalue weighted by Gasteiger charge is -2.51. The van der Waals surface area contributed by atoms with Gasteiger partial charge in [-0.1, -0.05) is 13.8 Å². The van der Waals surface area contributed by atoms with Crippen LogP contribution in [0.25, 0.3) is 0 Å². The van der Waals surface area contributed by atoms with E-state index in [4.69, 9.17) is 0 Å². The van der Waals surface area contributed by atoms with Gasteiger partial charge in [0.1, 0.15) is 0 Å². The molecule has 17 heavy (non-hydrogen) atoms. The summed E-state index contributed by atoms with van der Waals surface area (Å²) in [7, 11) is 0. The Balaban J connectivity index is 2.03. The molecule has 2 fully saturated rings. The van der Waals surface area contributed by atoms with Crippen LogP contribution in [0, 0.1) is 11.8 Å². The molecule has 2 heteroatoms. The Labute approximate surface area is 107 Å². The minimum atomic E-state index is 0.418. The van der Waals surface area contributed by atoms with Crippen molar-refractivity contribution in [2.45, 2.75) is 71.5 Å². The Morgan fingerprint density at radius 2 is 1.88 bits per heavy atom. The highest BCUT2D eigenvalue weighted by atomic mass is 15.3. The number of rotatable bonds is 4. The number of piperazine rings is 1. The van der Waals surface area contributed by atoms with Crippen LogP contribution in [-0.2, 0) is 0 Å². The quantitative estimate of drug-likeness (QED) is 0.810. The molecule has 0 aromatic rings. The summed E-state index contributed by atoms with van der Waals surface area (Å²) in [5.74, 6) is 1.74. The van der Waals surface area contributed by atoms with Crippen molar-refractivity contribution in [1.82, 2.24) is 10.2 Å². The van der Waals surface area contributed by atoms with Crippen molar-refractivity contribution >= 4 is 0 Å². The van der Waals surface area contributed by atoms with E-state index in [0.29, 0.717) is 17.6 Å². The minimum Gasteiger partial charge on any atom is -0.311 e.